The topological polar surface area (TPSA) is 77.2 Å². The van der Waals surface area contributed by atoms with Crippen LogP contribution in [0.15, 0.2) is 55.2 Å². The Labute approximate surface area is 178 Å². The zero-order valence-corrected chi connectivity index (χ0v) is 16.6. The molecule has 0 saturated carbocycles. The van der Waals surface area contributed by atoms with Gasteiger partial charge in [0.25, 0.3) is 0 Å². The van der Waals surface area contributed by atoms with Gasteiger partial charge in [-0.3, -0.25) is 4.68 Å². The molecule has 7 nitrogen and oxygen atoms in total. The van der Waals surface area contributed by atoms with Crippen molar-refractivity contribution in [2.24, 2.45) is 7.05 Å². The van der Waals surface area contributed by atoms with E-state index in [1.54, 1.807) is 29.5 Å². The van der Waals surface area contributed by atoms with Crippen molar-refractivity contribution >= 4 is 11.0 Å². The Morgan fingerprint density at radius 1 is 1.09 bits per heavy atom. The fourth-order valence-corrected chi connectivity index (χ4v) is 3.54. The van der Waals surface area contributed by atoms with Gasteiger partial charge in [-0.2, -0.15) is 18.3 Å². The number of aromatic nitrogens is 7. The summed E-state index contributed by atoms with van der Waals surface area (Å²) in [5.74, 6) is -1.31. The van der Waals surface area contributed by atoms with Crippen LogP contribution in [0, 0.1) is 5.82 Å². The summed E-state index contributed by atoms with van der Waals surface area (Å²) in [5.41, 5.74) is 2.17. The number of pyridine rings is 1. The Morgan fingerprint density at radius 3 is 2.69 bits per heavy atom. The van der Waals surface area contributed by atoms with Gasteiger partial charge in [-0.25, -0.2) is 14.1 Å². The first-order chi connectivity index (χ1) is 15.3. The lowest BCUT2D eigenvalue weighted by molar-refractivity contribution is -0.140. The largest absolute Gasteiger partial charge is 0.419 e. The molecule has 5 rings (SSSR count). The first kappa shape index (κ1) is 19.9. The molecule has 1 aromatic carbocycles. The number of nitrogens with one attached hydrogen (secondary N) is 1. The average molecular weight is 441 g/mol. The molecule has 0 spiro atoms. The first-order valence-corrected chi connectivity index (χ1v) is 9.51. The number of alkyl halides is 3. The minimum absolute atomic E-state index is 0.129. The Hall–Kier alpha value is -4.02. The van der Waals surface area contributed by atoms with Crippen molar-refractivity contribution in [2.75, 3.05) is 0 Å². The van der Waals surface area contributed by atoms with Crippen LogP contribution >= 0.6 is 0 Å². The number of nitrogens with zero attached hydrogens (tertiary/aromatic N) is 6. The lowest BCUT2D eigenvalue weighted by atomic mass is 10.1. The molecule has 0 bridgehead atoms. The van der Waals surface area contributed by atoms with Crippen molar-refractivity contribution in [2.45, 2.75) is 12.7 Å². The van der Waals surface area contributed by atoms with E-state index in [-0.39, 0.29) is 12.1 Å². The van der Waals surface area contributed by atoms with Crippen molar-refractivity contribution in [3.63, 3.8) is 0 Å². The predicted octanol–water partition coefficient (Wildman–Crippen LogP) is 4.43. The van der Waals surface area contributed by atoms with Crippen LogP contribution in [0.2, 0.25) is 0 Å². The predicted molar refractivity (Wildman–Crippen MR) is 108 cm³/mol. The van der Waals surface area contributed by atoms with Crippen LogP contribution in [-0.2, 0) is 19.8 Å². The molecule has 4 aromatic heterocycles. The van der Waals surface area contributed by atoms with Crippen molar-refractivity contribution in [3.8, 4) is 22.4 Å². The molecule has 0 aliphatic carbocycles. The Morgan fingerprint density at radius 2 is 1.94 bits per heavy atom. The summed E-state index contributed by atoms with van der Waals surface area (Å²) >= 11 is 0. The lowest BCUT2D eigenvalue weighted by Crippen LogP contribution is -2.11. The summed E-state index contributed by atoms with van der Waals surface area (Å²) in [6, 6.07) is 5.12. The SMILES string of the molecule is Cn1cc(-c2cnc3[nH]cc(-c4cn(Cc5cccc(C(F)(F)F)c5F)nn4)c3c2)cn1. The highest BCUT2D eigenvalue weighted by Gasteiger charge is 2.34. The van der Waals surface area contributed by atoms with E-state index in [0.717, 1.165) is 16.5 Å². The van der Waals surface area contributed by atoms with Gasteiger partial charge >= 0.3 is 6.18 Å². The van der Waals surface area contributed by atoms with Gasteiger partial charge in [0.15, 0.2) is 0 Å². The molecule has 32 heavy (non-hydrogen) atoms. The monoisotopic (exact) mass is 441 g/mol. The Kier molecular flexibility index (Phi) is 4.54. The van der Waals surface area contributed by atoms with E-state index in [2.05, 4.69) is 25.4 Å². The molecule has 0 fully saturated rings. The van der Waals surface area contributed by atoms with Crippen molar-refractivity contribution in [3.05, 3.63) is 72.2 Å². The van der Waals surface area contributed by atoms with E-state index >= 15 is 0 Å². The molecule has 0 amide bonds. The van der Waals surface area contributed by atoms with Crippen molar-refractivity contribution < 1.29 is 17.6 Å². The molecule has 0 radical (unpaired) electrons. The minimum Gasteiger partial charge on any atom is -0.345 e. The quantitative estimate of drug-likeness (QED) is 0.419. The number of benzene rings is 1. The third-order valence-electron chi connectivity index (χ3n) is 5.10. The van der Waals surface area contributed by atoms with E-state index in [0.29, 0.717) is 23.0 Å². The third kappa shape index (κ3) is 3.51. The highest BCUT2D eigenvalue weighted by atomic mass is 19.4. The van der Waals surface area contributed by atoms with Gasteiger partial charge in [0.2, 0.25) is 0 Å². The molecular formula is C21H15F4N7. The molecule has 0 saturated heterocycles. The maximum Gasteiger partial charge on any atom is 0.419 e. The van der Waals surface area contributed by atoms with Crippen molar-refractivity contribution in [1.29, 1.82) is 0 Å². The van der Waals surface area contributed by atoms with E-state index in [1.165, 1.54) is 16.8 Å². The maximum atomic E-state index is 14.3. The Bertz CT molecular complexity index is 1430. The van der Waals surface area contributed by atoms with Crippen LogP contribution in [0.1, 0.15) is 11.1 Å². The molecule has 4 heterocycles. The van der Waals surface area contributed by atoms with Crippen LogP contribution in [0.5, 0.6) is 0 Å². The zero-order chi connectivity index (χ0) is 22.5. The highest BCUT2D eigenvalue weighted by Crippen LogP contribution is 2.33. The van der Waals surface area contributed by atoms with Gasteiger partial charge in [0.1, 0.15) is 17.2 Å². The van der Waals surface area contributed by atoms with Crippen LogP contribution < -0.4 is 0 Å². The van der Waals surface area contributed by atoms with Crippen LogP contribution in [0.25, 0.3) is 33.4 Å². The fraction of sp³-hybridized carbons (Fsp3) is 0.143. The number of halogens is 4. The second-order valence-electron chi connectivity index (χ2n) is 7.30. The molecule has 0 aliphatic heterocycles. The van der Waals surface area contributed by atoms with E-state index in [9.17, 15) is 17.6 Å². The molecule has 1 N–H and O–H groups in total. The lowest BCUT2D eigenvalue weighted by Gasteiger charge is -2.10. The first-order valence-electron chi connectivity index (χ1n) is 9.51. The van der Waals surface area contributed by atoms with Crippen LogP contribution in [0.3, 0.4) is 0 Å². The molecular weight excluding hydrogens is 426 g/mol. The third-order valence-corrected chi connectivity index (χ3v) is 5.10. The minimum atomic E-state index is -4.77. The average Bonchev–Trinajstić information content (AvgIpc) is 3.47. The Balaban J connectivity index is 1.48. The fourth-order valence-electron chi connectivity index (χ4n) is 3.54. The molecule has 11 heteroatoms. The summed E-state index contributed by atoms with van der Waals surface area (Å²) < 4.78 is 56.3. The van der Waals surface area contributed by atoms with E-state index in [4.69, 9.17) is 0 Å². The van der Waals surface area contributed by atoms with E-state index in [1.807, 2.05) is 19.3 Å². The molecule has 5 aromatic rings. The number of hydrogen-bond acceptors (Lipinski definition) is 4. The smallest absolute Gasteiger partial charge is 0.345 e. The summed E-state index contributed by atoms with van der Waals surface area (Å²) in [6.45, 7) is -0.190. The number of aryl methyl sites for hydroxylation is 1. The van der Waals surface area contributed by atoms with Crippen molar-refractivity contribution in [1.82, 2.24) is 34.7 Å². The normalized spacial score (nSPS) is 12.0. The standard InChI is InChI=1S/C21H15F4N7/c1-31-9-14(7-28-31)13-5-15-16(8-27-20(15)26-6-13)18-11-32(30-29-18)10-12-3-2-4-17(19(12)22)21(23,24)25/h2-9,11H,10H2,1H3,(H,26,27). The molecule has 0 atom stereocenters. The van der Waals surface area contributed by atoms with Gasteiger partial charge in [-0.15, -0.1) is 5.10 Å². The molecule has 162 valence electrons. The summed E-state index contributed by atoms with van der Waals surface area (Å²) in [5, 5.41) is 13.0. The second-order valence-corrected chi connectivity index (χ2v) is 7.30. The van der Waals surface area contributed by atoms with Gasteiger partial charge in [0, 0.05) is 53.3 Å². The number of hydrogen-bond donors (Lipinski definition) is 1. The number of rotatable bonds is 4. The second kappa shape index (κ2) is 7.29. The maximum absolute atomic E-state index is 14.3. The molecule has 0 unspecified atom stereocenters. The summed E-state index contributed by atoms with van der Waals surface area (Å²) in [6.07, 6.45) is 3.84. The van der Waals surface area contributed by atoms with Crippen LogP contribution in [-0.4, -0.2) is 34.7 Å². The van der Waals surface area contributed by atoms with Crippen LogP contribution in [0.4, 0.5) is 17.6 Å². The summed E-state index contributed by atoms with van der Waals surface area (Å²) in [4.78, 5) is 7.50. The van der Waals surface area contributed by atoms with Gasteiger partial charge in [0.05, 0.1) is 24.5 Å². The number of H-pyrrole nitrogens is 1. The van der Waals surface area contributed by atoms with E-state index < -0.39 is 17.6 Å². The zero-order valence-electron chi connectivity index (χ0n) is 16.6. The van der Waals surface area contributed by atoms with Gasteiger partial charge in [-0.05, 0) is 12.1 Å². The van der Waals surface area contributed by atoms with Gasteiger partial charge < -0.3 is 4.98 Å². The van der Waals surface area contributed by atoms with Gasteiger partial charge in [-0.1, -0.05) is 17.3 Å². The number of aromatic amines is 1. The number of fused-ring (bicyclic) bond motifs is 1. The molecule has 0 aliphatic rings. The highest BCUT2D eigenvalue weighted by molar-refractivity contribution is 5.94. The summed E-state index contributed by atoms with van der Waals surface area (Å²) in [7, 11) is 1.82.